The molecule has 25 heavy (non-hydrogen) atoms. The largest absolute Gasteiger partial charge is 0.492 e. The average Bonchev–Trinajstić information content (AvgIpc) is 3.05. The Hall–Kier alpha value is -2.26. The van der Waals surface area contributed by atoms with Crippen LogP contribution >= 0.6 is 11.3 Å². The van der Waals surface area contributed by atoms with Crippen molar-refractivity contribution in [2.75, 3.05) is 30.7 Å². The highest BCUT2D eigenvalue weighted by molar-refractivity contribution is 7.92. The molecule has 0 saturated carbocycles. The van der Waals surface area contributed by atoms with Crippen LogP contribution in [-0.2, 0) is 16.4 Å². The summed E-state index contributed by atoms with van der Waals surface area (Å²) in [5.41, 5.74) is 6.29. The smallest absolute Gasteiger partial charge is 0.229 e. The molecule has 0 bridgehead atoms. The number of hydrogen-bond donors (Lipinski definition) is 3. The summed E-state index contributed by atoms with van der Waals surface area (Å²) < 4.78 is 30.2. The summed E-state index contributed by atoms with van der Waals surface area (Å²) in [7, 11) is -3.27. The number of nitrogens with zero attached hydrogens (tertiary/aromatic N) is 1. The minimum atomic E-state index is -3.27. The fourth-order valence-electron chi connectivity index (χ4n) is 1.98. The van der Waals surface area contributed by atoms with E-state index in [1.165, 1.54) is 4.88 Å². The highest BCUT2D eigenvalue weighted by Gasteiger charge is 2.02. The first kappa shape index (κ1) is 19.1. The van der Waals surface area contributed by atoms with Gasteiger partial charge in [0, 0.05) is 23.5 Å². The molecule has 0 unspecified atom stereocenters. The SMILES string of the molecule is CS(=O)(=O)Nc1ccc(OCCNC(N)=NCCc2cccs2)cc1. The van der Waals surface area contributed by atoms with Crippen LogP contribution in [0.2, 0.25) is 0 Å². The van der Waals surface area contributed by atoms with Gasteiger partial charge in [-0.1, -0.05) is 6.07 Å². The van der Waals surface area contributed by atoms with Gasteiger partial charge in [-0.05, 0) is 35.7 Å². The zero-order valence-electron chi connectivity index (χ0n) is 13.9. The molecular weight excluding hydrogens is 360 g/mol. The molecule has 0 aliphatic carbocycles. The fraction of sp³-hybridized carbons (Fsp3) is 0.312. The van der Waals surface area contributed by atoms with Gasteiger partial charge in [0.2, 0.25) is 10.0 Å². The van der Waals surface area contributed by atoms with E-state index in [-0.39, 0.29) is 0 Å². The van der Waals surface area contributed by atoms with Crippen LogP contribution in [0, 0.1) is 0 Å². The molecule has 136 valence electrons. The summed E-state index contributed by atoms with van der Waals surface area (Å²) in [4.78, 5) is 5.54. The quantitative estimate of drug-likeness (QED) is 0.347. The van der Waals surface area contributed by atoms with Crippen LogP contribution in [0.3, 0.4) is 0 Å². The molecule has 0 radical (unpaired) electrons. The summed E-state index contributed by atoms with van der Waals surface area (Å²) in [6.45, 7) is 1.59. The zero-order valence-corrected chi connectivity index (χ0v) is 15.6. The zero-order chi connectivity index (χ0) is 18.1. The number of sulfonamides is 1. The van der Waals surface area contributed by atoms with Crippen molar-refractivity contribution in [2.45, 2.75) is 6.42 Å². The van der Waals surface area contributed by atoms with Gasteiger partial charge in [0.15, 0.2) is 5.96 Å². The number of nitrogens with two attached hydrogens (primary N) is 1. The van der Waals surface area contributed by atoms with Crippen molar-refractivity contribution in [1.82, 2.24) is 5.32 Å². The lowest BCUT2D eigenvalue weighted by atomic mass is 10.3. The number of benzene rings is 1. The highest BCUT2D eigenvalue weighted by atomic mass is 32.2. The van der Waals surface area contributed by atoms with E-state index in [0.29, 0.717) is 37.1 Å². The van der Waals surface area contributed by atoms with Crippen LogP contribution < -0.4 is 20.5 Å². The van der Waals surface area contributed by atoms with Crippen molar-refractivity contribution < 1.29 is 13.2 Å². The topological polar surface area (TPSA) is 106 Å². The standard InChI is InChI=1S/C16H22N4O3S2/c1-25(21,22)20-13-4-6-14(7-5-13)23-11-10-19-16(17)18-9-8-15-3-2-12-24-15/h2-7,12,20H,8-11H2,1H3,(H3,17,18,19). The van der Waals surface area contributed by atoms with E-state index in [0.717, 1.165) is 12.7 Å². The van der Waals surface area contributed by atoms with Crippen LogP contribution in [0.5, 0.6) is 5.75 Å². The first-order valence-electron chi connectivity index (χ1n) is 7.69. The van der Waals surface area contributed by atoms with Crippen LogP contribution in [0.15, 0.2) is 46.8 Å². The van der Waals surface area contributed by atoms with E-state index in [9.17, 15) is 8.42 Å². The molecule has 1 aromatic carbocycles. The number of ether oxygens (including phenoxy) is 1. The first-order chi connectivity index (χ1) is 11.9. The molecule has 0 amide bonds. The maximum absolute atomic E-state index is 11.1. The van der Waals surface area contributed by atoms with Gasteiger partial charge in [-0.3, -0.25) is 9.71 Å². The number of nitrogens with one attached hydrogen (secondary N) is 2. The van der Waals surface area contributed by atoms with Crippen LogP contribution in [0.1, 0.15) is 4.88 Å². The van der Waals surface area contributed by atoms with Gasteiger partial charge < -0.3 is 15.8 Å². The summed E-state index contributed by atoms with van der Waals surface area (Å²) >= 11 is 1.71. The number of rotatable bonds is 9. The van der Waals surface area contributed by atoms with Gasteiger partial charge in [-0.25, -0.2) is 8.42 Å². The molecule has 9 heteroatoms. The van der Waals surface area contributed by atoms with Crippen molar-refractivity contribution in [1.29, 1.82) is 0 Å². The van der Waals surface area contributed by atoms with Gasteiger partial charge in [-0.2, -0.15) is 0 Å². The predicted octanol–water partition coefficient (Wildman–Crippen LogP) is 1.65. The molecule has 2 rings (SSSR count). The van der Waals surface area contributed by atoms with E-state index in [2.05, 4.69) is 21.1 Å². The average molecular weight is 383 g/mol. The minimum Gasteiger partial charge on any atom is -0.492 e. The molecule has 1 aromatic heterocycles. The van der Waals surface area contributed by atoms with Crippen molar-refractivity contribution >= 4 is 33.0 Å². The molecule has 0 aliphatic heterocycles. The summed E-state index contributed by atoms with van der Waals surface area (Å²) in [6, 6.07) is 10.8. The Kier molecular flexibility index (Phi) is 7.08. The molecular formula is C16H22N4O3S2. The molecule has 0 atom stereocenters. The van der Waals surface area contributed by atoms with Crippen LogP contribution in [-0.4, -0.2) is 40.3 Å². The van der Waals surface area contributed by atoms with Gasteiger partial charge in [0.05, 0.1) is 12.8 Å². The third-order valence-electron chi connectivity index (χ3n) is 3.05. The molecule has 0 saturated heterocycles. The Morgan fingerprint density at radius 2 is 2.04 bits per heavy atom. The number of aliphatic imine (C=N–C) groups is 1. The van der Waals surface area contributed by atoms with E-state index < -0.39 is 10.0 Å². The van der Waals surface area contributed by atoms with Gasteiger partial charge in [0.1, 0.15) is 12.4 Å². The highest BCUT2D eigenvalue weighted by Crippen LogP contribution is 2.16. The minimum absolute atomic E-state index is 0.396. The van der Waals surface area contributed by atoms with Gasteiger partial charge in [-0.15, -0.1) is 11.3 Å². The maximum Gasteiger partial charge on any atom is 0.229 e. The number of thiophene rings is 1. The Bertz CT molecular complexity index is 772. The Morgan fingerprint density at radius 3 is 2.68 bits per heavy atom. The van der Waals surface area contributed by atoms with Crippen LogP contribution in [0.4, 0.5) is 5.69 Å². The van der Waals surface area contributed by atoms with E-state index in [4.69, 9.17) is 10.5 Å². The lowest BCUT2D eigenvalue weighted by molar-refractivity contribution is 0.322. The second-order valence-corrected chi connectivity index (χ2v) is 8.05. The molecule has 4 N–H and O–H groups in total. The molecule has 0 fully saturated rings. The van der Waals surface area contributed by atoms with E-state index in [1.807, 2.05) is 11.4 Å². The first-order valence-corrected chi connectivity index (χ1v) is 10.5. The summed E-state index contributed by atoms with van der Waals surface area (Å²) in [5.74, 6) is 1.04. The second kappa shape index (κ2) is 9.28. The number of guanidine groups is 1. The molecule has 0 spiro atoms. The maximum atomic E-state index is 11.1. The number of hydrogen-bond acceptors (Lipinski definition) is 5. The third-order valence-corrected chi connectivity index (χ3v) is 4.60. The van der Waals surface area contributed by atoms with Gasteiger partial charge in [0.25, 0.3) is 0 Å². The lowest BCUT2D eigenvalue weighted by Crippen LogP contribution is -2.34. The second-order valence-electron chi connectivity index (χ2n) is 5.27. The van der Waals surface area contributed by atoms with Crippen molar-refractivity contribution in [3.05, 3.63) is 46.7 Å². The fourth-order valence-corrected chi connectivity index (χ4v) is 3.24. The monoisotopic (exact) mass is 382 g/mol. The predicted molar refractivity (Wildman–Crippen MR) is 103 cm³/mol. The Labute approximate surface area is 152 Å². The Balaban J connectivity index is 1.64. The third kappa shape index (κ3) is 7.90. The van der Waals surface area contributed by atoms with Crippen molar-refractivity contribution in [3.8, 4) is 5.75 Å². The van der Waals surface area contributed by atoms with Crippen molar-refractivity contribution in [3.63, 3.8) is 0 Å². The summed E-state index contributed by atoms with van der Waals surface area (Å²) in [5, 5.41) is 5.03. The number of anilines is 1. The Morgan fingerprint density at radius 1 is 1.28 bits per heavy atom. The van der Waals surface area contributed by atoms with Crippen molar-refractivity contribution in [2.24, 2.45) is 10.7 Å². The molecule has 0 aliphatic rings. The van der Waals surface area contributed by atoms with E-state index >= 15 is 0 Å². The molecule has 1 heterocycles. The summed E-state index contributed by atoms with van der Waals surface area (Å²) in [6.07, 6.45) is 1.99. The van der Waals surface area contributed by atoms with E-state index in [1.54, 1.807) is 35.6 Å². The molecule has 2 aromatic rings. The molecule has 7 nitrogen and oxygen atoms in total. The van der Waals surface area contributed by atoms with Crippen LogP contribution in [0.25, 0.3) is 0 Å². The lowest BCUT2D eigenvalue weighted by Gasteiger charge is -2.09. The van der Waals surface area contributed by atoms with Gasteiger partial charge >= 0.3 is 0 Å². The normalized spacial score (nSPS) is 12.0.